The van der Waals surface area contributed by atoms with E-state index in [-0.39, 0.29) is 0 Å². The van der Waals surface area contributed by atoms with Gasteiger partial charge in [-0.2, -0.15) is 0 Å². The van der Waals surface area contributed by atoms with Crippen LogP contribution in [0.1, 0.15) is 19.3 Å². The highest BCUT2D eigenvalue weighted by molar-refractivity contribution is 6.14. The van der Waals surface area contributed by atoms with Crippen LogP contribution in [0.3, 0.4) is 0 Å². The smallest absolute Gasteiger partial charge is 0.329 e. The van der Waals surface area contributed by atoms with Crippen LogP contribution in [0.4, 0.5) is 0 Å². The van der Waals surface area contributed by atoms with Gasteiger partial charge in [0.25, 0.3) is 11.8 Å². The summed E-state index contributed by atoms with van der Waals surface area (Å²) in [5, 5.41) is 0. The highest BCUT2D eigenvalue weighted by atomic mass is 16.5. The zero-order valence-electron chi connectivity index (χ0n) is 9.72. The van der Waals surface area contributed by atoms with Crippen LogP contribution in [-0.2, 0) is 19.1 Å². The Bertz CT molecular complexity index is 333. The third-order valence-electron chi connectivity index (χ3n) is 2.56. The number of imide groups is 1. The lowest BCUT2D eigenvalue weighted by Crippen LogP contribution is -2.45. The number of hydrogen-bond donors (Lipinski definition) is 1. The van der Waals surface area contributed by atoms with Crippen molar-refractivity contribution < 1.29 is 19.1 Å². The molecule has 0 saturated carbocycles. The molecule has 6 nitrogen and oxygen atoms in total. The first-order valence-electron chi connectivity index (χ1n) is 5.45. The average molecular weight is 240 g/mol. The number of nitrogens with zero attached hydrogens (tertiary/aromatic N) is 1. The van der Waals surface area contributed by atoms with Crippen molar-refractivity contribution >= 4 is 17.8 Å². The molecular weight excluding hydrogens is 224 g/mol. The minimum Gasteiger partial charge on any atom is -0.467 e. The Morgan fingerprint density at radius 1 is 1.35 bits per heavy atom. The molecule has 1 rings (SSSR count). The van der Waals surface area contributed by atoms with Crippen LogP contribution >= 0.6 is 0 Å². The largest absolute Gasteiger partial charge is 0.467 e. The summed E-state index contributed by atoms with van der Waals surface area (Å²) in [7, 11) is 1.23. The van der Waals surface area contributed by atoms with E-state index >= 15 is 0 Å². The second-order valence-corrected chi connectivity index (χ2v) is 3.70. The van der Waals surface area contributed by atoms with Crippen molar-refractivity contribution in [1.29, 1.82) is 0 Å². The standard InChI is InChI=1S/C11H16N2O4/c1-17-11(16)8(4-2-3-7-12)13-9(14)5-6-10(13)15/h5-6,8H,2-4,7,12H2,1H3/t8-/m0/s1. The molecule has 1 aliphatic heterocycles. The molecular formula is C11H16N2O4. The molecule has 2 amide bonds. The maximum Gasteiger partial charge on any atom is 0.329 e. The van der Waals surface area contributed by atoms with Crippen molar-refractivity contribution in [2.24, 2.45) is 5.73 Å². The maximum absolute atomic E-state index is 11.6. The molecule has 0 saturated heterocycles. The SMILES string of the molecule is COC(=O)[C@H](CCCCN)N1C(=O)C=CC1=O. The molecule has 0 aromatic heterocycles. The highest BCUT2D eigenvalue weighted by Crippen LogP contribution is 2.15. The molecule has 6 heteroatoms. The maximum atomic E-state index is 11.6. The van der Waals surface area contributed by atoms with Crippen LogP contribution in [0, 0.1) is 0 Å². The zero-order valence-corrected chi connectivity index (χ0v) is 9.72. The molecule has 0 aliphatic carbocycles. The number of carbonyl (C=O) groups excluding carboxylic acids is 3. The fourth-order valence-electron chi connectivity index (χ4n) is 1.69. The van der Waals surface area contributed by atoms with Crippen LogP contribution < -0.4 is 5.73 Å². The third-order valence-corrected chi connectivity index (χ3v) is 2.56. The minimum absolute atomic E-state index is 0.378. The molecule has 17 heavy (non-hydrogen) atoms. The second-order valence-electron chi connectivity index (χ2n) is 3.70. The van der Waals surface area contributed by atoms with Gasteiger partial charge in [-0.05, 0) is 25.8 Å². The molecule has 0 radical (unpaired) electrons. The molecule has 0 bridgehead atoms. The summed E-state index contributed by atoms with van der Waals surface area (Å²) < 4.78 is 4.61. The van der Waals surface area contributed by atoms with Gasteiger partial charge in [0.15, 0.2) is 0 Å². The van der Waals surface area contributed by atoms with Gasteiger partial charge in [0.1, 0.15) is 6.04 Å². The monoisotopic (exact) mass is 240 g/mol. The van der Waals surface area contributed by atoms with Gasteiger partial charge in [-0.1, -0.05) is 0 Å². The number of nitrogens with two attached hydrogens (primary N) is 1. The van der Waals surface area contributed by atoms with E-state index in [1.54, 1.807) is 0 Å². The Labute approximate surface area is 99.4 Å². The van der Waals surface area contributed by atoms with Crippen molar-refractivity contribution in [2.45, 2.75) is 25.3 Å². The lowest BCUT2D eigenvalue weighted by molar-refractivity contribution is -0.155. The number of amides is 2. The van der Waals surface area contributed by atoms with Gasteiger partial charge >= 0.3 is 5.97 Å². The lowest BCUT2D eigenvalue weighted by atomic mass is 10.1. The fourth-order valence-corrected chi connectivity index (χ4v) is 1.69. The van der Waals surface area contributed by atoms with Gasteiger partial charge in [0, 0.05) is 12.2 Å². The predicted octanol–water partition coefficient (Wildman–Crippen LogP) is -0.418. The Kier molecular flexibility index (Phi) is 4.84. The number of rotatable bonds is 6. The fraction of sp³-hybridized carbons (Fsp3) is 0.545. The summed E-state index contributed by atoms with van der Waals surface area (Å²) in [5.41, 5.74) is 5.36. The summed E-state index contributed by atoms with van der Waals surface area (Å²) in [5.74, 6) is -1.52. The molecule has 0 fully saturated rings. The molecule has 1 aliphatic rings. The molecule has 0 aromatic carbocycles. The molecule has 1 atom stereocenters. The van der Waals surface area contributed by atoms with Crippen molar-refractivity contribution in [2.75, 3.05) is 13.7 Å². The van der Waals surface area contributed by atoms with Gasteiger partial charge in [-0.25, -0.2) is 4.79 Å². The molecule has 94 valence electrons. The topological polar surface area (TPSA) is 89.7 Å². The second kappa shape index (κ2) is 6.15. The number of hydrogen-bond acceptors (Lipinski definition) is 5. The number of esters is 1. The summed E-state index contributed by atoms with van der Waals surface area (Å²) in [4.78, 5) is 35.4. The summed E-state index contributed by atoms with van der Waals surface area (Å²) in [6.07, 6.45) is 4.08. The molecule has 0 unspecified atom stereocenters. The Hall–Kier alpha value is -1.69. The van der Waals surface area contributed by atoms with E-state index in [0.29, 0.717) is 19.4 Å². The average Bonchev–Trinajstić information content (AvgIpc) is 2.65. The lowest BCUT2D eigenvalue weighted by Gasteiger charge is -2.23. The molecule has 1 heterocycles. The minimum atomic E-state index is -0.846. The van der Waals surface area contributed by atoms with Crippen molar-refractivity contribution in [3.63, 3.8) is 0 Å². The Morgan fingerprint density at radius 2 is 1.94 bits per heavy atom. The van der Waals surface area contributed by atoms with Gasteiger partial charge in [-0.3, -0.25) is 14.5 Å². The molecule has 0 aromatic rings. The predicted molar refractivity (Wildman–Crippen MR) is 59.7 cm³/mol. The van der Waals surface area contributed by atoms with Crippen LogP contribution in [0.5, 0.6) is 0 Å². The number of methoxy groups -OCH3 is 1. The molecule has 0 spiro atoms. The van der Waals surface area contributed by atoms with Crippen LogP contribution in [0.25, 0.3) is 0 Å². The van der Waals surface area contributed by atoms with E-state index < -0.39 is 23.8 Å². The van der Waals surface area contributed by atoms with Crippen molar-refractivity contribution in [3.8, 4) is 0 Å². The number of unbranched alkanes of at least 4 members (excludes halogenated alkanes) is 1. The van der Waals surface area contributed by atoms with Crippen LogP contribution in [0.2, 0.25) is 0 Å². The molecule has 2 N–H and O–H groups in total. The number of carbonyl (C=O) groups is 3. The van der Waals surface area contributed by atoms with Crippen LogP contribution in [0.15, 0.2) is 12.2 Å². The van der Waals surface area contributed by atoms with Gasteiger partial charge in [0.2, 0.25) is 0 Å². The summed E-state index contributed by atoms with van der Waals surface area (Å²) in [6.45, 7) is 0.508. The number of ether oxygens (including phenoxy) is 1. The summed E-state index contributed by atoms with van der Waals surface area (Å²) >= 11 is 0. The van der Waals surface area contributed by atoms with E-state index in [1.165, 1.54) is 7.11 Å². The Balaban J connectivity index is 2.72. The van der Waals surface area contributed by atoms with Crippen molar-refractivity contribution in [3.05, 3.63) is 12.2 Å². The van der Waals surface area contributed by atoms with Crippen LogP contribution in [-0.4, -0.2) is 42.4 Å². The normalized spacial score (nSPS) is 16.5. The Morgan fingerprint density at radius 3 is 2.41 bits per heavy atom. The van der Waals surface area contributed by atoms with E-state index in [4.69, 9.17) is 5.73 Å². The van der Waals surface area contributed by atoms with Gasteiger partial charge in [0.05, 0.1) is 7.11 Å². The van der Waals surface area contributed by atoms with Crippen molar-refractivity contribution in [1.82, 2.24) is 4.90 Å². The first-order chi connectivity index (χ1) is 8.11. The van der Waals surface area contributed by atoms with E-state index in [1.807, 2.05) is 0 Å². The van der Waals surface area contributed by atoms with Gasteiger partial charge < -0.3 is 10.5 Å². The first-order valence-corrected chi connectivity index (χ1v) is 5.45. The summed E-state index contributed by atoms with van der Waals surface area (Å²) in [6, 6.07) is -0.846. The third kappa shape index (κ3) is 3.13. The van der Waals surface area contributed by atoms with E-state index in [2.05, 4.69) is 4.74 Å². The highest BCUT2D eigenvalue weighted by Gasteiger charge is 2.35. The quantitative estimate of drug-likeness (QED) is 0.387. The van der Waals surface area contributed by atoms with E-state index in [9.17, 15) is 14.4 Å². The van der Waals surface area contributed by atoms with E-state index in [0.717, 1.165) is 23.5 Å². The first kappa shape index (κ1) is 13.4. The zero-order chi connectivity index (χ0) is 12.8. The van der Waals surface area contributed by atoms with Gasteiger partial charge in [-0.15, -0.1) is 0 Å².